The van der Waals surface area contributed by atoms with Gasteiger partial charge in [-0.1, -0.05) is 6.08 Å². The van der Waals surface area contributed by atoms with Crippen molar-refractivity contribution in [3.05, 3.63) is 23.5 Å². The predicted octanol–water partition coefficient (Wildman–Crippen LogP) is 1.34. The largest absolute Gasteiger partial charge is 0.492 e. The number of ether oxygens (including phenoxy) is 1. The van der Waals surface area contributed by atoms with Crippen LogP contribution in [0.3, 0.4) is 0 Å². The van der Waals surface area contributed by atoms with Gasteiger partial charge < -0.3 is 10.5 Å². The molecule has 0 aliphatic carbocycles. The molecular weight excluding hydrogens is 226 g/mol. The topological polar surface area (TPSA) is 50.8 Å². The first kappa shape index (κ1) is 13.3. The number of rotatable bonds is 4. The lowest BCUT2D eigenvalue weighted by molar-refractivity contribution is 0.216. The van der Waals surface area contributed by atoms with Gasteiger partial charge in [0.15, 0.2) is 0 Å². The van der Waals surface area contributed by atoms with Gasteiger partial charge in [0.25, 0.3) is 0 Å². The minimum absolute atomic E-state index is 0.487. The maximum atomic E-state index is 5.81. The van der Waals surface area contributed by atoms with Crippen LogP contribution in [-0.4, -0.2) is 50.4 Å². The molecule has 0 aromatic heterocycles. The quantitative estimate of drug-likeness (QED) is 0.818. The summed E-state index contributed by atoms with van der Waals surface area (Å²) in [6, 6.07) is 0.487. The number of allylic oxidation sites excluding steroid dienone is 1. The van der Waals surface area contributed by atoms with Crippen LogP contribution >= 0.6 is 0 Å². The van der Waals surface area contributed by atoms with Gasteiger partial charge in [0.1, 0.15) is 12.4 Å². The van der Waals surface area contributed by atoms with Gasteiger partial charge in [-0.2, -0.15) is 0 Å². The highest BCUT2D eigenvalue weighted by atomic mass is 16.5. The first-order valence-corrected chi connectivity index (χ1v) is 6.75. The van der Waals surface area contributed by atoms with Crippen LogP contribution in [0.15, 0.2) is 28.5 Å². The third-order valence-corrected chi connectivity index (χ3v) is 3.49. The first-order chi connectivity index (χ1) is 8.83. The number of nitrogens with two attached hydrogens (primary N) is 1. The van der Waals surface area contributed by atoms with Gasteiger partial charge in [-0.3, -0.25) is 9.89 Å². The first-order valence-electron chi connectivity index (χ1n) is 6.75. The van der Waals surface area contributed by atoms with Crippen LogP contribution in [0.4, 0.5) is 0 Å². The van der Waals surface area contributed by atoms with Crippen molar-refractivity contribution in [2.24, 2.45) is 10.7 Å². The van der Waals surface area contributed by atoms with Crippen LogP contribution in [0, 0.1) is 0 Å². The van der Waals surface area contributed by atoms with E-state index >= 15 is 0 Å². The van der Waals surface area contributed by atoms with Gasteiger partial charge in [0, 0.05) is 30.8 Å². The third-order valence-electron chi connectivity index (χ3n) is 3.49. The molecule has 2 heterocycles. The van der Waals surface area contributed by atoms with Crippen molar-refractivity contribution in [3.63, 3.8) is 0 Å². The zero-order valence-electron chi connectivity index (χ0n) is 11.1. The van der Waals surface area contributed by atoms with E-state index < -0.39 is 0 Å². The molecule has 0 radical (unpaired) electrons. The van der Waals surface area contributed by atoms with Crippen molar-refractivity contribution in [1.29, 1.82) is 0 Å². The molecule has 2 N–H and O–H groups in total. The molecule has 0 spiro atoms. The minimum atomic E-state index is 0.487. The summed E-state index contributed by atoms with van der Waals surface area (Å²) in [6.45, 7) is 2.99. The molecule has 4 heteroatoms. The fraction of sp³-hybridized carbons (Fsp3) is 0.643. The van der Waals surface area contributed by atoms with E-state index in [0.717, 1.165) is 12.2 Å². The summed E-state index contributed by atoms with van der Waals surface area (Å²) in [5.41, 5.74) is 6.84. The molecule has 1 fully saturated rings. The average molecular weight is 249 g/mol. The summed E-state index contributed by atoms with van der Waals surface area (Å²) in [4.78, 5) is 6.71. The molecule has 0 aromatic rings. The van der Waals surface area contributed by atoms with Gasteiger partial charge in [0.2, 0.25) is 0 Å². The van der Waals surface area contributed by atoms with Crippen molar-refractivity contribution in [1.82, 2.24) is 4.90 Å². The highest BCUT2D eigenvalue weighted by Crippen LogP contribution is 2.28. The highest BCUT2D eigenvalue weighted by Gasteiger charge is 2.27. The molecule has 100 valence electrons. The molecule has 2 rings (SSSR count). The van der Waals surface area contributed by atoms with Crippen molar-refractivity contribution >= 4 is 6.21 Å². The van der Waals surface area contributed by atoms with Crippen LogP contribution in [0.1, 0.15) is 19.3 Å². The summed E-state index contributed by atoms with van der Waals surface area (Å²) in [7, 11) is 2.19. The second-order valence-electron chi connectivity index (χ2n) is 4.79. The van der Waals surface area contributed by atoms with Crippen LogP contribution in [0.5, 0.6) is 0 Å². The van der Waals surface area contributed by atoms with E-state index in [4.69, 9.17) is 10.5 Å². The van der Waals surface area contributed by atoms with Crippen LogP contribution in [0.25, 0.3) is 0 Å². The van der Waals surface area contributed by atoms with E-state index in [9.17, 15) is 0 Å². The molecule has 0 aromatic carbocycles. The zero-order valence-corrected chi connectivity index (χ0v) is 11.1. The van der Waals surface area contributed by atoms with E-state index in [1.54, 1.807) is 0 Å². The fourth-order valence-corrected chi connectivity index (χ4v) is 2.60. The molecule has 1 saturated heterocycles. The molecule has 1 atom stereocenters. The van der Waals surface area contributed by atoms with E-state index in [1.165, 1.54) is 25.0 Å². The maximum Gasteiger partial charge on any atom is 0.121 e. The van der Waals surface area contributed by atoms with Gasteiger partial charge in [-0.05, 0) is 32.5 Å². The van der Waals surface area contributed by atoms with Crippen molar-refractivity contribution in [3.8, 4) is 0 Å². The Balaban J connectivity index is 2.17. The Bertz CT molecular complexity index is 360. The van der Waals surface area contributed by atoms with E-state index in [0.29, 0.717) is 25.7 Å². The summed E-state index contributed by atoms with van der Waals surface area (Å²) in [5, 5.41) is 0. The number of hydrogen-bond acceptors (Lipinski definition) is 4. The molecule has 4 nitrogen and oxygen atoms in total. The lowest BCUT2D eigenvalue weighted by Crippen LogP contribution is -2.28. The van der Waals surface area contributed by atoms with Crippen LogP contribution in [-0.2, 0) is 4.74 Å². The van der Waals surface area contributed by atoms with Gasteiger partial charge in [-0.25, -0.2) is 0 Å². The SMILES string of the molecule is CN1CCCC1/C1=C/CC=NCC=C1OCCN. The molecule has 0 bridgehead atoms. The molecule has 18 heavy (non-hydrogen) atoms. The number of nitrogens with zero attached hydrogens (tertiary/aromatic N) is 2. The average Bonchev–Trinajstić information content (AvgIpc) is 2.75. The standard InChI is InChI=1S/C14H23N3O/c1-17-10-3-5-13(17)12-4-2-8-16-9-6-14(12)18-11-7-15/h4,6,8,13H,2-3,5,7,9-11,15H2,1H3/b12-4-,14-6?,16-8?. The predicted molar refractivity (Wildman–Crippen MR) is 74.8 cm³/mol. The van der Waals surface area contributed by atoms with Gasteiger partial charge in [0.05, 0.1) is 6.54 Å². The molecule has 1 unspecified atom stereocenters. The number of aliphatic imine (C=N–C) groups is 1. The Morgan fingerprint density at radius 3 is 3.11 bits per heavy atom. The number of hydrogen-bond donors (Lipinski definition) is 1. The van der Waals surface area contributed by atoms with E-state index in [1.807, 2.05) is 6.21 Å². The molecule has 2 aliphatic rings. The summed E-state index contributed by atoms with van der Waals surface area (Å²) < 4.78 is 5.81. The maximum absolute atomic E-state index is 5.81. The molecule has 0 saturated carbocycles. The summed E-state index contributed by atoms with van der Waals surface area (Å²) >= 11 is 0. The minimum Gasteiger partial charge on any atom is -0.492 e. The zero-order chi connectivity index (χ0) is 12.8. The van der Waals surface area contributed by atoms with Crippen molar-refractivity contribution < 1.29 is 4.74 Å². The number of likely N-dealkylation sites (tertiary alicyclic amines) is 1. The highest BCUT2D eigenvalue weighted by molar-refractivity contribution is 5.61. The van der Waals surface area contributed by atoms with Gasteiger partial charge in [-0.15, -0.1) is 0 Å². The van der Waals surface area contributed by atoms with Gasteiger partial charge >= 0.3 is 0 Å². The molecule has 2 aliphatic heterocycles. The Morgan fingerprint density at radius 2 is 2.39 bits per heavy atom. The summed E-state index contributed by atoms with van der Waals surface area (Å²) in [5.74, 6) is 0.982. The Kier molecular flexibility index (Phi) is 4.96. The van der Waals surface area contributed by atoms with Crippen molar-refractivity contribution in [2.45, 2.75) is 25.3 Å². The van der Waals surface area contributed by atoms with E-state index in [2.05, 4.69) is 29.1 Å². The Labute approximate surface area is 109 Å². The third kappa shape index (κ3) is 3.21. The number of likely N-dealkylation sites (N-methyl/N-ethyl adjacent to an activating group) is 1. The monoisotopic (exact) mass is 249 g/mol. The normalized spacial score (nSPS) is 28.2. The fourth-order valence-electron chi connectivity index (χ4n) is 2.60. The lowest BCUT2D eigenvalue weighted by Gasteiger charge is -2.25. The second kappa shape index (κ2) is 6.71. The van der Waals surface area contributed by atoms with Crippen LogP contribution in [0.2, 0.25) is 0 Å². The lowest BCUT2D eigenvalue weighted by atomic mass is 10.0. The molecular formula is C14H23N3O. The van der Waals surface area contributed by atoms with Crippen molar-refractivity contribution in [2.75, 3.05) is 33.3 Å². The molecule has 0 amide bonds. The second-order valence-corrected chi connectivity index (χ2v) is 4.79. The van der Waals surface area contributed by atoms with Crippen LogP contribution < -0.4 is 5.73 Å². The van der Waals surface area contributed by atoms with E-state index in [-0.39, 0.29) is 0 Å². The Morgan fingerprint density at radius 1 is 1.50 bits per heavy atom. The summed E-state index contributed by atoms with van der Waals surface area (Å²) in [6.07, 6.45) is 9.66. The smallest absolute Gasteiger partial charge is 0.121 e. The Hall–Kier alpha value is -1.13.